The lowest BCUT2D eigenvalue weighted by Crippen LogP contribution is -2.38. The van der Waals surface area contributed by atoms with Gasteiger partial charge in [-0.15, -0.1) is 0 Å². The number of benzene rings is 1. The van der Waals surface area contributed by atoms with E-state index in [4.69, 9.17) is 9.60 Å². The quantitative estimate of drug-likeness (QED) is 0.810. The molecule has 1 rings (SSSR count). The Hall–Kier alpha value is -1.35. The lowest BCUT2D eigenvalue weighted by atomic mass is 10.2. The van der Waals surface area contributed by atoms with Crippen LogP contribution in [0.4, 0.5) is 5.69 Å². The SMILES string of the molecule is [2H]C([2H])([2H])C([2H])([2H])C([2H])([2H])NC(C)C(=O)Nc1ccccc1C. The third-order valence-electron chi connectivity index (χ3n) is 2.15. The molecule has 0 aliphatic heterocycles. The smallest absolute Gasteiger partial charge is 0.241 e. The first-order valence-corrected chi connectivity index (χ1v) is 4.94. The van der Waals surface area contributed by atoms with Gasteiger partial charge in [-0.05, 0) is 38.3 Å². The highest BCUT2D eigenvalue weighted by Gasteiger charge is 2.11. The molecule has 0 heterocycles. The van der Waals surface area contributed by atoms with Gasteiger partial charge in [0, 0.05) is 15.3 Å². The van der Waals surface area contributed by atoms with E-state index in [1.807, 2.05) is 0 Å². The average Bonchev–Trinajstić information content (AvgIpc) is 2.39. The molecule has 0 aliphatic carbocycles. The van der Waals surface area contributed by atoms with Gasteiger partial charge in [0.1, 0.15) is 0 Å². The zero-order valence-electron chi connectivity index (χ0n) is 16.3. The van der Waals surface area contributed by atoms with Crippen LogP contribution < -0.4 is 10.6 Å². The summed E-state index contributed by atoms with van der Waals surface area (Å²) < 4.78 is 51.7. The van der Waals surface area contributed by atoms with Crippen LogP contribution in [-0.2, 0) is 4.79 Å². The van der Waals surface area contributed by atoms with Crippen LogP contribution in [0.15, 0.2) is 24.3 Å². The van der Waals surface area contributed by atoms with Gasteiger partial charge in [0.05, 0.1) is 6.04 Å². The van der Waals surface area contributed by atoms with Gasteiger partial charge in [-0.1, -0.05) is 25.1 Å². The van der Waals surface area contributed by atoms with Crippen LogP contribution >= 0.6 is 0 Å². The van der Waals surface area contributed by atoms with E-state index in [0.717, 1.165) is 5.56 Å². The normalized spacial score (nSPS) is 21.2. The van der Waals surface area contributed by atoms with Gasteiger partial charge in [-0.25, -0.2) is 0 Å². The molecule has 0 aromatic heterocycles. The number of rotatable bonds is 5. The molecule has 1 amide bonds. The number of carbonyl (C=O) groups excluding carboxylic acids is 1. The predicted molar refractivity (Wildman–Crippen MR) is 67.6 cm³/mol. The van der Waals surface area contributed by atoms with Gasteiger partial charge in [0.2, 0.25) is 5.91 Å². The molecule has 16 heavy (non-hydrogen) atoms. The summed E-state index contributed by atoms with van der Waals surface area (Å²) in [6.07, 6.45) is -3.16. The Morgan fingerprint density at radius 3 is 3.00 bits per heavy atom. The molecule has 88 valence electrons. The van der Waals surface area contributed by atoms with E-state index in [2.05, 4.69) is 10.6 Å². The molecule has 0 radical (unpaired) electrons. The molecule has 0 aliphatic rings. The van der Waals surface area contributed by atoms with Crippen molar-refractivity contribution in [3.63, 3.8) is 0 Å². The summed E-state index contributed by atoms with van der Waals surface area (Å²) in [7, 11) is 0. The van der Waals surface area contributed by atoms with E-state index in [1.54, 1.807) is 31.2 Å². The number of nitrogens with one attached hydrogen (secondary N) is 2. The molecule has 1 atom stereocenters. The van der Waals surface area contributed by atoms with Gasteiger partial charge in [0.25, 0.3) is 0 Å². The lowest BCUT2D eigenvalue weighted by molar-refractivity contribution is -0.117. The minimum atomic E-state index is -3.17. The number of aryl methyl sites for hydroxylation is 1. The largest absolute Gasteiger partial charge is 0.324 e. The summed E-state index contributed by atoms with van der Waals surface area (Å²) in [5, 5.41) is 4.72. The number of para-hydroxylation sites is 1. The lowest BCUT2D eigenvalue weighted by Gasteiger charge is -2.14. The Morgan fingerprint density at radius 2 is 2.31 bits per heavy atom. The Morgan fingerprint density at radius 1 is 1.56 bits per heavy atom. The monoisotopic (exact) mass is 227 g/mol. The number of anilines is 1. The van der Waals surface area contributed by atoms with Crippen LogP contribution in [0.2, 0.25) is 0 Å². The molecule has 1 unspecified atom stereocenters. The highest BCUT2D eigenvalue weighted by Crippen LogP contribution is 2.13. The van der Waals surface area contributed by atoms with Gasteiger partial charge in [0.15, 0.2) is 0 Å². The number of amides is 1. The maximum absolute atomic E-state index is 12.1. The van der Waals surface area contributed by atoms with E-state index < -0.39 is 31.7 Å². The number of carbonyl (C=O) groups is 1. The molecule has 1 aromatic carbocycles. The second-order valence-electron chi connectivity index (χ2n) is 3.42. The molecule has 0 spiro atoms. The highest BCUT2D eigenvalue weighted by atomic mass is 16.2. The minimum absolute atomic E-state index is 0.547. The topological polar surface area (TPSA) is 41.1 Å². The second kappa shape index (κ2) is 6.28. The summed E-state index contributed by atoms with van der Waals surface area (Å²) in [6, 6.07) is 5.86. The Balaban J connectivity index is 2.84. The maximum atomic E-state index is 12.1. The van der Waals surface area contributed by atoms with Crippen molar-refractivity contribution in [1.29, 1.82) is 0 Å². The summed E-state index contributed by atoms with van der Waals surface area (Å²) in [5.41, 5.74) is 1.36. The van der Waals surface area contributed by atoms with Crippen LogP contribution in [0.3, 0.4) is 0 Å². The number of hydrogen-bond donors (Lipinski definition) is 2. The Kier molecular flexibility index (Phi) is 2.29. The van der Waals surface area contributed by atoms with Crippen LogP contribution in [0.25, 0.3) is 0 Å². The molecule has 0 saturated heterocycles. The molecule has 0 bridgehead atoms. The van der Waals surface area contributed by atoms with E-state index in [0.29, 0.717) is 5.69 Å². The van der Waals surface area contributed by atoms with Gasteiger partial charge in [-0.3, -0.25) is 4.79 Å². The fourth-order valence-corrected chi connectivity index (χ4v) is 1.16. The fourth-order valence-electron chi connectivity index (χ4n) is 1.16. The van der Waals surface area contributed by atoms with Gasteiger partial charge in [-0.2, -0.15) is 0 Å². The van der Waals surface area contributed by atoms with Crippen molar-refractivity contribution in [1.82, 2.24) is 5.32 Å². The summed E-state index contributed by atoms with van der Waals surface area (Å²) >= 11 is 0. The van der Waals surface area contributed by atoms with Crippen molar-refractivity contribution >= 4 is 11.6 Å². The van der Waals surface area contributed by atoms with E-state index in [1.165, 1.54) is 6.92 Å². The highest BCUT2D eigenvalue weighted by molar-refractivity contribution is 5.95. The third-order valence-corrected chi connectivity index (χ3v) is 2.15. The first kappa shape index (κ1) is 5.82. The third kappa shape index (κ3) is 3.66. The van der Waals surface area contributed by atoms with Crippen LogP contribution in [0.1, 0.15) is 35.3 Å². The molecule has 0 fully saturated rings. The van der Waals surface area contributed by atoms with Gasteiger partial charge >= 0.3 is 0 Å². The van der Waals surface area contributed by atoms with E-state index in [9.17, 15) is 4.79 Å². The maximum Gasteiger partial charge on any atom is 0.241 e. The standard InChI is InChI=1S/C13H20N2O/c1-4-9-14-11(3)13(16)15-12-8-6-5-7-10(12)2/h5-8,11,14H,4,9H2,1-3H3,(H,15,16)/i1D3,4D2,9D2. The van der Waals surface area contributed by atoms with Crippen LogP contribution in [0, 0.1) is 6.92 Å². The predicted octanol–water partition coefficient (Wildman–Crippen LogP) is 2.32. The number of hydrogen-bond acceptors (Lipinski definition) is 2. The van der Waals surface area contributed by atoms with Crippen molar-refractivity contribution in [3.8, 4) is 0 Å². The Bertz CT molecular complexity index is 572. The summed E-state index contributed by atoms with van der Waals surface area (Å²) in [5.74, 6) is -0.593. The first-order valence-electron chi connectivity index (χ1n) is 8.44. The first-order chi connectivity index (χ1) is 10.3. The summed E-state index contributed by atoms with van der Waals surface area (Å²) in [6.45, 7) is -2.96. The van der Waals surface area contributed by atoms with Crippen molar-refractivity contribution in [3.05, 3.63) is 29.8 Å². The van der Waals surface area contributed by atoms with Crippen molar-refractivity contribution < 1.29 is 14.4 Å². The zero-order valence-corrected chi connectivity index (χ0v) is 9.29. The van der Waals surface area contributed by atoms with Crippen molar-refractivity contribution in [2.45, 2.75) is 33.1 Å². The van der Waals surface area contributed by atoms with Crippen molar-refractivity contribution in [2.75, 3.05) is 11.8 Å². The molecule has 2 N–H and O–H groups in total. The van der Waals surface area contributed by atoms with Gasteiger partial charge < -0.3 is 10.6 Å². The van der Waals surface area contributed by atoms with E-state index in [-0.39, 0.29) is 0 Å². The fraction of sp³-hybridized carbons (Fsp3) is 0.462. The van der Waals surface area contributed by atoms with Crippen LogP contribution in [-0.4, -0.2) is 18.4 Å². The Labute approximate surface area is 107 Å². The van der Waals surface area contributed by atoms with Crippen LogP contribution in [0.5, 0.6) is 0 Å². The second-order valence-corrected chi connectivity index (χ2v) is 3.42. The van der Waals surface area contributed by atoms with E-state index >= 15 is 0 Å². The minimum Gasteiger partial charge on any atom is -0.324 e. The van der Waals surface area contributed by atoms with Crippen molar-refractivity contribution in [2.24, 2.45) is 0 Å². The molecule has 3 heteroatoms. The summed E-state index contributed by atoms with van der Waals surface area (Å²) in [4.78, 5) is 12.1. The molecule has 3 nitrogen and oxygen atoms in total. The molecule has 1 aromatic rings. The average molecular weight is 227 g/mol. The molecular formula is C13H20N2O. The molecule has 0 saturated carbocycles. The molecular weight excluding hydrogens is 200 g/mol. The zero-order chi connectivity index (χ0) is 18.1.